The number of unbranched alkanes of at least 4 members (excludes halogenated alkanes) is 25. The Labute approximate surface area is 498 Å². The van der Waals surface area contributed by atoms with Crippen molar-refractivity contribution >= 4 is 39.5 Å². The Kier molecular flexibility index (Phi) is 52.0. The van der Waals surface area contributed by atoms with Gasteiger partial charge < -0.3 is 33.8 Å². The summed E-state index contributed by atoms with van der Waals surface area (Å²) in [6.07, 6.45) is 32.4. The molecule has 4 unspecified atom stereocenters. The van der Waals surface area contributed by atoms with Crippen LogP contribution < -0.4 is 0 Å². The molecule has 0 radical (unpaired) electrons. The van der Waals surface area contributed by atoms with Crippen molar-refractivity contribution < 1.29 is 80.2 Å². The molecule has 0 spiro atoms. The predicted octanol–water partition coefficient (Wildman–Crippen LogP) is 17.0. The fraction of sp³-hybridized carbons (Fsp3) is 0.937. The molecule has 82 heavy (non-hydrogen) atoms. The maximum Gasteiger partial charge on any atom is 0.472 e. The molecule has 0 aliphatic carbocycles. The average molecular weight is 1210 g/mol. The summed E-state index contributed by atoms with van der Waals surface area (Å²) in [4.78, 5) is 72.1. The van der Waals surface area contributed by atoms with Crippen LogP contribution in [0.25, 0.3) is 0 Å². The van der Waals surface area contributed by atoms with Gasteiger partial charge in [-0.25, -0.2) is 9.13 Å². The lowest BCUT2D eigenvalue weighted by atomic mass is 10.00. The normalized spacial score (nSPS) is 14.8. The van der Waals surface area contributed by atoms with Gasteiger partial charge in [-0.1, -0.05) is 248 Å². The Morgan fingerprint density at radius 1 is 0.341 bits per heavy atom. The summed E-state index contributed by atoms with van der Waals surface area (Å²) in [6.45, 7) is 13.9. The number of carbonyl (C=O) groups excluding carboxylic acids is 4. The number of esters is 4. The molecule has 0 saturated carbocycles. The second-order valence-electron chi connectivity index (χ2n) is 24.5. The van der Waals surface area contributed by atoms with Gasteiger partial charge >= 0.3 is 39.5 Å². The largest absolute Gasteiger partial charge is 0.472 e. The van der Waals surface area contributed by atoms with Crippen molar-refractivity contribution in [2.75, 3.05) is 39.6 Å². The minimum Gasteiger partial charge on any atom is -0.462 e. The lowest BCUT2D eigenvalue weighted by Gasteiger charge is -2.21. The molecule has 0 amide bonds. The zero-order valence-electron chi connectivity index (χ0n) is 53.1. The van der Waals surface area contributed by atoms with Crippen LogP contribution in [0.15, 0.2) is 0 Å². The molecule has 0 aromatic carbocycles. The van der Waals surface area contributed by atoms with Crippen molar-refractivity contribution in [3.05, 3.63) is 0 Å². The molecule has 3 N–H and O–H groups in total. The summed E-state index contributed by atoms with van der Waals surface area (Å²) in [5, 5.41) is 10.5. The van der Waals surface area contributed by atoms with E-state index in [2.05, 4.69) is 55.4 Å². The van der Waals surface area contributed by atoms with Crippen LogP contribution in [-0.4, -0.2) is 96.7 Å². The third-order valence-corrected chi connectivity index (χ3v) is 16.6. The standard InChI is InChI=1S/C63H122O17P2/c1-9-56(8)42-34-26-20-22-28-36-44-61(66)74-50-58(79-62(67)45-37-29-17-13-11-10-12-15-23-31-39-53(2)3)51-77-81(69,70)75-47-57(64)48-76-82(71,72)78-52-59(80-63(68)46-38-30-21-19-25-33-41-55(6)7)49-73-60(65)43-35-27-18-14-16-24-32-40-54(4)5/h53-59,64H,9-52H2,1-8H3,(H,69,70)(H,71,72)/t56?,57?,58-,59-/m1/s1. The predicted molar refractivity (Wildman–Crippen MR) is 326 cm³/mol. The Morgan fingerprint density at radius 3 is 0.866 bits per heavy atom. The minimum atomic E-state index is -4.94. The summed E-state index contributed by atoms with van der Waals surface area (Å²) < 4.78 is 67.9. The van der Waals surface area contributed by atoms with Gasteiger partial charge in [0.2, 0.25) is 0 Å². The molecular formula is C63H122O17P2. The first kappa shape index (κ1) is 80.1. The van der Waals surface area contributed by atoms with Gasteiger partial charge in [0.1, 0.15) is 19.3 Å². The van der Waals surface area contributed by atoms with Crippen LogP contribution in [-0.2, 0) is 65.4 Å². The van der Waals surface area contributed by atoms with Crippen LogP contribution in [0.1, 0.15) is 299 Å². The van der Waals surface area contributed by atoms with E-state index >= 15 is 0 Å². The van der Waals surface area contributed by atoms with Crippen molar-refractivity contribution in [3.8, 4) is 0 Å². The smallest absolute Gasteiger partial charge is 0.462 e. The van der Waals surface area contributed by atoms with Crippen LogP contribution in [0.5, 0.6) is 0 Å². The van der Waals surface area contributed by atoms with Crippen LogP contribution in [0.4, 0.5) is 0 Å². The van der Waals surface area contributed by atoms with Crippen molar-refractivity contribution in [3.63, 3.8) is 0 Å². The molecule has 486 valence electrons. The molecule has 0 aliphatic rings. The molecule has 0 bridgehead atoms. The third kappa shape index (κ3) is 55.9. The topological polar surface area (TPSA) is 237 Å². The fourth-order valence-electron chi connectivity index (χ4n) is 9.22. The van der Waals surface area contributed by atoms with E-state index < -0.39 is 97.5 Å². The van der Waals surface area contributed by atoms with Gasteiger partial charge in [-0.05, 0) is 49.4 Å². The van der Waals surface area contributed by atoms with Crippen molar-refractivity contribution in [1.29, 1.82) is 0 Å². The van der Waals surface area contributed by atoms with Gasteiger partial charge in [0.05, 0.1) is 26.4 Å². The van der Waals surface area contributed by atoms with Gasteiger partial charge in [0, 0.05) is 25.7 Å². The molecule has 0 rings (SSSR count). The van der Waals surface area contributed by atoms with Crippen LogP contribution in [0, 0.1) is 23.7 Å². The van der Waals surface area contributed by atoms with E-state index in [1.54, 1.807) is 0 Å². The first-order chi connectivity index (χ1) is 39.1. The Balaban J connectivity index is 5.25. The summed E-state index contributed by atoms with van der Waals surface area (Å²) in [5.74, 6) is 0.712. The van der Waals surface area contributed by atoms with Crippen LogP contribution in [0.2, 0.25) is 0 Å². The van der Waals surface area contributed by atoms with Crippen LogP contribution >= 0.6 is 15.6 Å². The highest BCUT2D eigenvalue weighted by Gasteiger charge is 2.30. The summed E-state index contributed by atoms with van der Waals surface area (Å²) in [5.41, 5.74) is 0. The molecule has 6 atom stereocenters. The van der Waals surface area contributed by atoms with Crippen molar-refractivity contribution in [2.45, 2.75) is 318 Å². The number of aliphatic hydroxyl groups excluding tert-OH is 1. The molecule has 0 heterocycles. The fourth-order valence-corrected chi connectivity index (χ4v) is 10.8. The number of phosphoric acid groups is 2. The molecule has 0 saturated heterocycles. The van der Waals surface area contributed by atoms with Crippen LogP contribution in [0.3, 0.4) is 0 Å². The molecule has 0 aromatic heterocycles. The van der Waals surface area contributed by atoms with E-state index in [4.69, 9.17) is 37.0 Å². The Hall–Kier alpha value is -1.94. The van der Waals surface area contributed by atoms with E-state index in [9.17, 15) is 43.2 Å². The monoisotopic (exact) mass is 1210 g/mol. The van der Waals surface area contributed by atoms with Crippen molar-refractivity contribution in [1.82, 2.24) is 0 Å². The number of carbonyl (C=O) groups is 4. The second kappa shape index (κ2) is 53.3. The molecular weight excluding hydrogens is 1090 g/mol. The quantitative estimate of drug-likeness (QED) is 0.0222. The van der Waals surface area contributed by atoms with E-state index in [-0.39, 0.29) is 25.7 Å². The second-order valence-corrected chi connectivity index (χ2v) is 27.4. The van der Waals surface area contributed by atoms with Gasteiger partial charge in [-0.2, -0.15) is 0 Å². The van der Waals surface area contributed by atoms with E-state index in [0.29, 0.717) is 37.5 Å². The number of hydrogen-bond acceptors (Lipinski definition) is 15. The number of hydrogen-bond donors (Lipinski definition) is 3. The van der Waals surface area contributed by atoms with E-state index in [1.807, 2.05) is 0 Å². The Morgan fingerprint density at radius 2 is 0.585 bits per heavy atom. The number of phosphoric ester groups is 2. The number of ether oxygens (including phenoxy) is 4. The first-order valence-electron chi connectivity index (χ1n) is 32.7. The van der Waals surface area contributed by atoms with Gasteiger partial charge in [0.15, 0.2) is 12.2 Å². The SMILES string of the molecule is CCC(C)CCCCCCCCC(=O)OC[C@H](COP(=O)(O)OCC(O)COP(=O)(O)OC[C@@H](COC(=O)CCCCCCCCCC(C)C)OC(=O)CCCCCCCCC(C)C)OC(=O)CCCCCCCCCCCCC(C)C. The molecule has 0 aromatic rings. The average Bonchev–Trinajstić information content (AvgIpc) is 3.44. The highest BCUT2D eigenvalue weighted by atomic mass is 31.2. The van der Waals surface area contributed by atoms with Gasteiger partial charge in [-0.3, -0.25) is 37.3 Å². The number of rotatable bonds is 60. The first-order valence-corrected chi connectivity index (χ1v) is 35.7. The highest BCUT2D eigenvalue weighted by molar-refractivity contribution is 7.47. The third-order valence-electron chi connectivity index (χ3n) is 14.7. The highest BCUT2D eigenvalue weighted by Crippen LogP contribution is 2.45. The summed E-state index contributed by atoms with van der Waals surface area (Å²) in [7, 11) is -9.89. The maximum atomic E-state index is 13.0. The maximum absolute atomic E-state index is 13.0. The molecule has 19 heteroatoms. The summed E-state index contributed by atoms with van der Waals surface area (Å²) in [6, 6.07) is 0. The van der Waals surface area contributed by atoms with E-state index in [1.165, 1.54) is 89.9 Å². The zero-order chi connectivity index (χ0) is 61.1. The zero-order valence-corrected chi connectivity index (χ0v) is 54.9. The minimum absolute atomic E-state index is 0.101. The lowest BCUT2D eigenvalue weighted by Crippen LogP contribution is -2.30. The van der Waals surface area contributed by atoms with Gasteiger partial charge in [0.25, 0.3) is 0 Å². The molecule has 0 aliphatic heterocycles. The van der Waals surface area contributed by atoms with Crippen molar-refractivity contribution in [2.24, 2.45) is 23.7 Å². The number of aliphatic hydroxyl groups is 1. The van der Waals surface area contributed by atoms with E-state index in [0.717, 1.165) is 115 Å². The molecule has 17 nitrogen and oxygen atoms in total. The van der Waals surface area contributed by atoms with Gasteiger partial charge in [-0.15, -0.1) is 0 Å². The molecule has 0 fully saturated rings. The Bertz CT molecular complexity index is 1650. The lowest BCUT2D eigenvalue weighted by molar-refractivity contribution is -0.161. The summed E-state index contributed by atoms with van der Waals surface area (Å²) >= 11 is 0.